The standard InChI is InChI=1S/C23H25N3O3S/c1-23(2,3)21-18-19(24-25-21)22(27)26(14-10-12-15(13-11-14)30(5)28)20(18)16-8-6-7-9-17(16)29-4/h6-13,20H,1-5H3,(H,24,25)/t20-,30+/m0/s1. The fraction of sp³-hybridized carbons (Fsp3) is 0.304. The first-order chi connectivity index (χ1) is 14.2. The summed E-state index contributed by atoms with van der Waals surface area (Å²) in [6.45, 7) is 6.29. The third-order valence-corrected chi connectivity index (χ3v) is 6.32. The Hall–Kier alpha value is -2.93. The first-order valence-corrected chi connectivity index (χ1v) is 11.3. The number of hydrogen-bond donors (Lipinski definition) is 1. The van der Waals surface area contributed by atoms with Gasteiger partial charge in [0, 0.05) is 49.9 Å². The number of rotatable bonds is 4. The van der Waals surface area contributed by atoms with E-state index in [-0.39, 0.29) is 17.4 Å². The second-order valence-corrected chi connectivity index (χ2v) is 9.76. The Morgan fingerprint density at radius 2 is 1.77 bits per heavy atom. The van der Waals surface area contributed by atoms with Crippen LogP contribution >= 0.6 is 0 Å². The number of benzene rings is 2. The smallest absolute Gasteiger partial charge is 0.280 e. The van der Waals surface area contributed by atoms with Crippen LogP contribution < -0.4 is 9.64 Å². The molecular weight excluding hydrogens is 398 g/mol. The average Bonchev–Trinajstić information content (AvgIpc) is 3.27. The summed E-state index contributed by atoms with van der Waals surface area (Å²) in [5, 5.41) is 7.49. The lowest BCUT2D eigenvalue weighted by Crippen LogP contribution is -2.30. The van der Waals surface area contributed by atoms with E-state index in [1.165, 1.54) is 0 Å². The normalized spacial score (nSPS) is 17.2. The summed E-state index contributed by atoms with van der Waals surface area (Å²) in [4.78, 5) is 15.9. The first kappa shape index (κ1) is 20.3. The van der Waals surface area contributed by atoms with Crippen molar-refractivity contribution in [2.45, 2.75) is 37.1 Å². The molecule has 0 aliphatic carbocycles. The fourth-order valence-electron chi connectivity index (χ4n) is 3.96. The number of carbonyl (C=O) groups excluding carboxylic acids is 1. The number of fused-ring (bicyclic) bond motifs is 1. The Morgan fingerprint density at radius 1 is 1.10 bits per heavy atom. The van der Waals surface area contributed by atoms with Crippen molar-refractivity contribution in [2.75, 3.05) is 18.3 Å². The number of nitrogens with one attached hydrogen (secondary N) is 1. The molecule has 2 heterocycles. The SMILES string of the molecule is COc1ccccc1[C@H]1c2c(n[nH]c2C(C)(C)C)C(=O)N1c1ccc([S@@](C)=O)cc1. The third-order valence-electron chi connectivity index (χ3n) is 5.39. The molecule has 1 amide bonds. The summed E-state index contributed by atoms with van der Waals surface area (Å²) in [5.41, 5.74) is 3.62. The monoisotopic (exact) mass is 423 g/mol. The maximum atomic E-state index is 13.5. The van der Waals surface area contributed by atoms with Crippen molar-refractivity contribution in [2.24, 2.45) is 0 Å². The Kier molecular flexibility index (Phi) is 5.02. The summed E-state index contributed by atoms with van der Waals surface area (Å²) in [6.07, 6.45) is 1.64. The Bertz CT molecular complexity index is 1130. The van der Waals surface area contributed by atoms with Crippen LogP contribution in [0.4, 0.5) is 5.69 Å². The van der Waals surface area contributed by atoms with Crippen LogP contribution in [-0.2, 0) is 16.2 Å². The zero-order valence-electron chi connectivity index (χ0n) is 17.7. The van der Waals surface area contributed by atoms with Gasteiger partial charge < -0.3 is 4.74 Å². The fourth-order valence-corrected chi connectivity index (χ4v) is 4.48. The molecule has 0 saturated carbocycles. The van der Waals surface area contributed by atoms with Crippen LogP contribution in [0, 0.1) is 0 Å². The van der Waals surface area contributed by atoms with Crippen LogP contribution in [0.1, 0.15) is 54.1 Å². The molecule has 2 atom stereocenters. The minimum atomic E-state index is -1.09. The Balaban J connectivity index is 1.94. The number of methoxy groups -OCH3 is 1. The number of nitrogens with zero attached hydrogens (tertiary/aromatic N) is 2. The van der Waals surface area contributed by atoms with Crippen molar-refractivity contribution >= 4 is 22.4 Å². The minimum absolute atomic E-state index is 0.168. The Labute approximate surface area is 178 Å². The molecule has 3 aromatic rings. The molecule has 1 N–H and O–H groups in total. The van der Waals surface area contributed by atoms with E-state index in [9.17, 15) is 9.00 Å². The van der Waals surface area contributed by atoms with Gasteiger partial charge in [-0.05, 0) is 30.3 Å². The van der Waals surface area contributed by atoms with Crippen LogP contribution in [0.2, 0.25) is 0 Å². The number of carbonyl (C=O) groups is 1. The van der Waals surface area contributed by atoms with Gasteiger partial charge >= 0.3 is 0 Å². The number of amides is 1. The van der Waals surface area contributed by atoms with Crippen molar-refractivity contribution in [1.29, 1.82) is 0 Å². The maximum absolute atomic E-state index is 13.5. The molecule has 0 spiro atoms. The molecule has 0 radical (unpaired) electrons. The largest absolute Gasteiger partial charge is 0.496 e. The zero-order chi connectivity index (χ0) is 21.6. The highest BCUT2D eigenvalue weighted by molar-refractivity contribution is 7.84. The van der Waals surface area contributed by atoms with E-state index in [2.05, 4.69) is 31.0 Å². The van der Waals surface area contributed by atoms with Gasteiger partial charge in [0.15, 0.2) is 5.69 Å². The lowest BCUT2D eigenvalue weighted by Gasteiger charge is -2.29. The second kappa shape index (κ2) is 7.40. The topological polar surface area (TPSA) is 75.3 Å². The van der Waals surface area contributed by atoms with Crippen molar-refractivity contribution in [3.8, 4) is 5.75 Å². The summed E-state index contributed by atoms with van der Waals surface area (Å²) < 4.78 is 17.4. The van der Waals surface area contributed by atoms with Crippen LogP contribution in [0.3, 0.4) is 0 Å². The highest BCUT2D eigenvalue weighted by atomic mass is 32.2. The molecular formula is C23H25N3O3S. The van der Waals surface area contributed by atoms with Gasteiger partial charge in [0.05, 0.1) is 13.2 Å². The van der Waals surface area contributed by atoms with Gasteiger partial charge in [-0.25, -0.2) is 0 Å². The van der Waals surface area contributed by atoms with Crippen molar-refractivity contribution in [3.05, 3.63) is 71.0 Å². The molecule has 0 unspecified atom stereocenters. The highest BCUT2D eigenvalue weighted by Gasteiger charge is 2.45. The van der Waals surface area contributed by atoms with Gasteiger partial charge in [0.25, 0.3) is 5.91 Å². The van der Waals surface area contributed by atoms with E-state index in [0.29, 0.717) is 16.3 Å². The molecule has 156 valence electrons. The lowest BCUT2D eigenvalue weighted by molar-refractivity contribution is 0.0988. The number of aromatic nitrogens is 2. The molecule has 0 fully saturated rings. The number of hydrogen-bond acceptors (Lipinski definition) is 4. The van der Waals surface area contributed by atoms with Crippen molar-refractivity contribution < 1.29 is 13.7 Å². The second-order valence-electron chi connectivity index (χ2n) is 8.38. The van der Waals surface area contributed by atoms with Crippen LogP contribution in [0.5, 0.6) is 5.75 Å². The van der Waals surface area contributed by atoms with Gasteiger partial charge in [-0.2, -0.15) is 5.10 Å². The maximum Gasteiger partial charge on any atom is 0.280 e. The quantitative estimate of drug-likeness (QED) is 0.682. The average molecular weight is 424 g/mol. The first-order valence-electron chi connectivity index (χ1n) is 9.72. The predicted molar refractivity (Wildman–Crippen MR) is 118 cm³/mol. The minimum Gasteiger partial charge on any atom is -0.496 e. The van der Waals surface area contributed by atoms with Gasteiger partial charge in [-0.1, -0.05) is 39.0 Å². The van der Waals surface area contributed by atoms with Gasteiger partial charge in [-0.3, -0.25) is 19.0 Å². The summed E-state index contributed by atoms with van der Waals surface area (Å²) >= 11 is 0. The van der Waals surface area contributed by atoms with E-state index in [1.54, 1.807) is 30.4 Å². The molecule has 0 saturated heterocycles. The zero-order valence-corrected chi connectivity index (χ0v) is 18.5. The third kappa shape index (κ3) is 3.23. The molecule has 30 heavy (non-hydrogen) atoms. The number of para-hydroxylation sites is 1. The molecule has 1 aromatic heterocycles. The molecule has 6 nitrogen and oxygen atoms in total. The van der Waals surface area contributed by atoms with Gasteiger partial charge in [0.2, 0.25) is 0 Å². The molecule has 4 rings (SSSR count). The van der Waals surface area contributed by atoms with Crippen LogP contribution in [0.15, 0.2) is 53.4 Å². The van der Waals surface area contributed by atoms with Crippen LogP contribution in [0.25, 0.3) is 0 Å². The van der Waals surface area contributed by atoms with E-state index in [0.717, 1.165) is 22.5 Å². The number of ether oxygens (including phenoxy) is 1. The van der Waals surface area contributed by atoms with E-state index in [1.807, 2.05) is 36.4 Å². The summed E-state index contributed by atoms with van der Waals surface area (Å²) in [5.74, 6) is 0.540. The molecule has 0 bridgehead atoms. The summed E-state index contributed by atoms with van der Waals surface area (Å²) in [6, 6.07) is 14.6. The lowest BCUT2D eigenvalue weighted by atomic mass is 9.85. The number of anilines is 1. The van der Waals surface area contributed by atoms with E-state index in [4.69, 9.17) is 4.74 Å². The van der Waals surface area contributed by atoms with E-state index < -0.39 is 10.8 Å². The Morgan fingerprint density at radius 3 is 2.37 bits per heavy atom. The highest BCUT2D eigenvalue weighted by Crippen LogP contribution is 2.47. The molecule has 1 aliphatic rings. The number of aromatic amines is 1. The van der Waals surface area contributed by atoms with Gasteiger partial charge in [0.1, 0.15) is 5.75 Å². The summed E-state index contributed by atoms with van der Waals surface area (Å²) in [7, 11) is 0.545. The van der Waals surface area contributed by atoms with E-state index >= 15 is 0 Å². The van der Waals surface area contributed by atoms with Gasteiger partial charge in [-0.15, -0.1) is 0 Å². The predicted octanol–water partition coefficient (Wildman–Crippen LogP) is 4.20. The molecule has 1 aliphatic heterocycles. The van der Waals surface area contributed by atoms with Crippen molar-refractivity contribution in [1.82, 2.24) is 10.2 Å². The van der Waals surface area contributed by atoms with Crippen molar-refractivity contribution in [3.63, 3.8) is 0 Å². The number of H-pyrrole nitrogens is 1. The van der Waals surface area contributed by atoms with Crippen LogP contribution in [-0.4, -0.2) is 33.7 Å². The molecule has 2 aromatic carbocycles. The molecule has 7 heteroatoms.